The van der Waals surface area contributed by atoms with Crippen LogP contribution in [0.5, 0.6) is 0 Å². The van der Waals surface area contributed by atoms with Crippen LogP contribution >= 0.6 is 0 Å². The van der Waals surface area contributed by atoms with E-state index in [2.05, 4.69) is 22.3 Å². The molecule has 2 heterocycles. The van der Waals surface area contributed by atoms with Crippen molar-refractivity contribution in [3.63, 3.8) is 0 Å². The SMILES string of the molecule is CCC(C)n1nnc(C(=O)OC)c1-c1cnn(C)c1. The molecule has 0 spiro atoms. The highest BCUT2D eigenvalue weighted by Gasteiger charge is 2.24. The molecule has 1 unspecified atom stereocenters. The molecule has 0 aliphatic heterocycles. The zero-order chi connectivity index (χ0) is 14.0. The predicted molar refractivity (Wildman–Crippen MR) is 68.6 cm³/mol. The number of hydrogen-bond acceptors (Lipinski definition) is 5. The molecule has 0 aliphatic rings. The number of carbonyl (C=O) groups excluding carboxylic acids is 1. The maximum Gasteiger partial charge on any atom is 0.360 e. The van der Waals surface area contributed by atoms with Gasteiger partial charge in [0.15, 0.2) is 5.69 Å². The van der Waals surface area contributed by atoms with Crippen LogP contribution in [0.1, 0.15) is 36.8 Å². The summed E-state index contributed by atoms with van der Waals surface area (Å²) in [5.74, 6) is -0.492. The molecule has 0 aliphatic carbocycles. The largest absolute Gasteiger partial charge is 0.464 e. The normalized spacial score (nSPS) is 12.4. The predicted octanol–water partition coefficient (Wildman–Crippen LogP) is 1.44. The van der Waals surface area contributed by atoms with E-state index in [0.29, 0.717) is 5.69 Å². The first-order chi connectivity index (χ1) is 9.08. The Balaban J connectivity index is 2.59. The van der Waals surface area contributed by atoms with Crippen molar-refractivity contribution in [3.05, 3.63) is 18.1 Å². The fourth-order valence-corrected chi connectivity index (χ4v) is 1.82. The number of esters is 1. The topological polar surface area (TPSA) is 74.8 Å². The molecule has 2 rings (SSSR count). The molecule has 19 heavy (non-hydrogen) atoms. The third-order valence-corrected chi connectivity index (χ3v) is 3.06. The first-order valence-electron chi connectivity index (χ1n) is 6.11. The van der Waals surface area contributed by atoms with Crippen molar-refractivity contribution in [1.82, 2.24) is 24.8 Å². The summed E-state index contributed by atoms with van der Waals surface area (Å²) < 4.78 is 8.16. The fourth-order valence-electron chi connectivity index (χ4n) is 1.82. The first kappa shape index (κ1) is 13.3. The summed E-state index contributed by atoms with van der Waals surface area (Å²) in [4.78, 5) is 11.8. The van der Waals surface area contributed by atoms with Crippen molar-refractivity contribution >= 4 is 5.97 Å². The lowest BCUT2D eigenvalue weighted by molar-refractivity contribution is 0.0595. The van der Waals surface area contributed by atoms with E-state index >= 15 is 0 Å². The Kier molecular flexibility index (Phi) is 3.64. The summed E-state index contributed by atoms with van der Waals surface area (Å²) in [5, 5.41) is 12.1. The number of hydrogen-bond donors (Lipinski definition) is 0. The second kappa shape index (κ2) is 5.21. The Bertz CT molecular complexity index is 587. The van der Waals surface area contributed by atoms with E-state index in [0.717, 1.165) is 12.0 Å². The number of ether oxygens (including phenoxy) is 1. The molecule has 0 bridgehead atoms. The van der Waals surface area contributed by atoms with E-state index in [9.17, 15) is 4.79 Å². The number of carbonyl (C=O) groups is 1. The number of methoxy groups -OCH3 is 1. The first-order valence-corrected chi connectivity index (χ1v) is 6.11. The van der Waals surface area contributed by atoms with Gasteiger partial charge in [-0.05, 0) is 13.3 Å². The van der Waals surface area contributed by atoms with Crippen LogP contribution < -0.4 is 0 Å². The van der Waals surface area contributed by atoms with Gasteiger partial charge in [-0.2, -0.15) is 5.10 Å². The van der Waals surface area contributed by atoms with Gasteiger partial charge in [-0.15, -0.1) is 5.10 Å². The van der Waals surface area contributed by atoms with E-state index in [4.69, 9.17) is 4.74 Å². The summed E-state index contributed by atoms with van der Waals surface area (Å²) in [7, 11) is 3.15. The second-order valence-corrected chi connectivity index (χ2v) is 4.38. The van der Waals surface area contributed by atoms with Gasteiger partial charge in [0.05, 0.1) is 19.3 Å². The van der Waals surface area contributed by atoms with E-state index < -0.39 is 5.97 Å². The van der Waals surface area contributed by atoms with Crippen LogP contribution in [0.3, 0.4) is 0 Å². The van der Waals surface area contributed by atoms with Gasteiger partial charge < -0.3 is 4.74 Å². The highest BCUT2D eigenvalue weighted by Crippen LogP contribution is 2.26. The summed E-state index contributed by atoms with van der Waals surface area (Å²) in [6.07, 6.45) is 4.39. The van der Waals surface area contributed by atoms with Crippen molar-refractivity contribution in [2.75, 3.05) is 7.11 Å². The lowest BCUT2D eigenvalue weighted by atomic mass is 10.1. The van der Waals surface area contributed by atoms with Crippen LogP contribution in [0.25, 0.3) is 11.3 Å². The molecule has 0 saturated heterocycles. The van der Waals surface area contributed by atoms with Crippen molar-refractivity contribution < 1.29 is 9.53 Å². The average molecular weight is 263 g/mol. The van der Waals surface area contributed by atoms with Gasteiger partial charge in [-0.1, -0.05) is 12.1 Å². The summed E-state index contributed by atoms with van der Waals surface area (Å²) in [6.45, 7) is 4.08. The van der Waals surface area contributed by atoms with Crippen LogP contribution in [0.15, 0.2) is 12.4 Å². The molecule has 0 saturated carbocycles. The number of aryl methyl sites for hydroxylation is 1. The molecule has 1 atom stereocenters. The van der Waals surface area contributed by atoms with Gasteiger partial charge >= 0.3 is 5.97 Å². The minimum absolute atomic E-state index is 0.140. The number of nitrogens with zero attached hydrogens (tertiary/aromatic N) is 5. The molecule has 7 nitrogen and oxygen atoms in total. The Morgan fingerprint density at radius 1 is 1.53 bits per heavy atom. The maximum atomic E-state index is 11.8. The molecule has 0 N–H and O–H groups in total. The highest BCUT2D eigenvalue weighted by molar-refractivity contribution is 5.93. The standard InChI is InChI=1S/C12H17N5O2/c1-5-8(2)17-11(9-6-13-16(3)7-9)10(14-15-17)12(18)19-4/h6-8H,5H2,1-4H3. The van der Waals surface area contributed by atoms with Crippen LogP contribution in [-0.4, -0.2) is 37.9 Å². The molecular weight excluding hydrogens is 246 g/mol. The number of rotatable bonds is 4. The van der Waals surface area contributed by atoms with Crippen LogP contribution in [-0.2, 0) is 11.8 Å². The zero-order valence-electron chi connectivity index (χ0n) is 11.5. The van der Waals surface area contributed by atoms with Crippen molar-refractivity contribution in [2.45, 2.75) is 26.3 Å². The Morgan fingerprint density at radius 2 is 2.26 bits per heavy atom. The molecule has 0 radical (unpaired) electrons. The van der Waals surface area contributed by atoms with Crippen LogP contribution in [0.4, 0.5) is 0 Å². The van der Waals surface area contributed by atoms with Gasteiger partial charge in [0.1, 0.15) is 5.69 Å². The lowest BCUT2D eigenvalue weighted by Crippen LogP contribution is -2.09. The molecule has 0 fully saturated rings. The molecule has 2 aromatic heterocycles. The van der Waals surface area contributed by atoms with E-state index in [1.54, 1.807) is 15.6 Å². The smallest absolute Gasteiger partial charge is 0.360 e. The van der Waals surface area contributed by atoms with Gasteiger partial charge in [0.25, 0.3) is 0 Å². The number of aromatic nitrogens is 5. The van der Waals surface area contributed by atoms with Crippen molar-refractivity contribution in [2.24, 2.45) is 7.05 Å². The summed E-state index contributed by atoms with van der Waals surface area (Å²) >= 11 is 0. The Morgan fingerprint density at radius 3 is 2.79 bits per heavy atom. The quantitative estimate of drug-likeness (QED) is 0.780. The summed E-state index contributed by atoms with van der Waals surface area (Å²) in [5.41, 5.74) is 1.67. The molecule has 2 aromatic rings. The van der Waals surface area contributed by atoms with Crippen molar-refractivity contribution in [1.29, 1.82) is 0 Å². The molecular formula is C12H17N5O2. The van der Waals surface area contributed by atoms with Gasteiger partial charge in [-0.25, -0.2) is 9.48 Å². The monoisotopic (exact) mass is 263 g/mol. The minimum atomic E-state index is -0.492. The van der Waals surface area contributed by atoms with E-state index in [1.807, 2.05) is 20.2 Å². The third kappa shape index (κ3) is 2.35. The molecule has 7 heteroatoms. The maximum absolute atomic E-state index is 11.8. The molecule has 102 valence electrons. The Labute approximate surface area is 111 Å². The highest BCUT2D eigenvalue weighted by atomic mass is 16.5. The van der Waals surface area contributed by atoms with Crippen LogP contribution in [0.2, 0.25) is 0 Å². The molecule has 0 aromatic carbocycles. The summed E-state index contributed by atoms with van der Waals surface area (Å²) in [6, 6.07) is 0.140. The van der Waals surface area contributed by atoms with Crippen molar-refractivity contribution in [3.8, 4) is 11.3 Å². The van der Waals surface area contributed by atoms with Crippen LogP contribution in [0, 0.1) is 0 Å². The minimum Gasteiger partial charge on any atom is -0.464 e. The fraction of sp³-hybridized carbons (Fsp3) is 0.500. The zero-order valence-corrected chi connectivity index (χ0v) is 11.5. The second-order valence-electron chi connectivity index (χ2n) is 4.38. The van der Waals surface area contributed by atoms with E-state index in [1.165, 1.54) is 7.11 Å². The van der Waals surface area contributed by atoms with Gasteiger partial charge in [0.2, 0.25) is 0 Å². The van der Waals surface area contributed by atoms with Gasteiger partial charge in [-0.3, -0.25) is 4.68 Å². The van der Waals surface area contributed by atoms with E-state index in [-0.39, 0.29) is 11.7 Å². The lowest BCUT2D eigenvalue weighted by Gasteiger charge is -2.11. The Hall–Kier alpha value is -2.18. The third-order valence-electron chi connectivity index (χ3n) is 3.06. The molecule has 0 amide bonds. The van der Waals surface area contributed by atoms with Gasteiger partial charge in [0, 0.05) is 18.8 Å². The average Bonchev–Trinajstić information content (AvgIpc) is 3.02.